The molecule has 0 aliphatic heterocycles. The summed E-state index contributed by atoms with van der Waals surface area (Å²) in [4.78, 5) is 12.6. The number of fused-ring (bicyclic) bond motifs is 1. The van der Waals surface area contributed by atoms with Crippen molar-refractivity contribution in [2.75, 3.05) is 13.2 Å². The van der Waals surface area contributed by atoms with Gasteiger partial charge in [-0.2, -0.15) is 0 Å². The minimum absolute atomic E-state index is 0.336. The van der Waals surface area contributed by atoms with Crippen molar-refractivity contribution in [2.45, 2.75) is 38.1 Å². The molecule has 22 heavy (non-hydrogen) atoms. The number of furan rings is 1. The summed E-state index contributed by atoms with van der Waals surface area (Å²) in [6.45, 7) is 2.67. The molecule has 1 aromatic heterocycles. The first-order valence-electron chi connectivity index (χ1n) is 7.55. The van der Waals surface area contributed by atoms with Gasteiger partial charge in [-0.3, -0.25) is 4.79 Å². The number of aliphatic hydroxyl groups is 2. The van der Waals surface area contributed by atoms with Crippen molar-refractivity contribution < 1.29 is 19.4 Å². The summed E-state index contributed by atoms with van der Waals surface area (Å²) in [5.74, 6) is 0.796. The van der Waals surface area contributed by atoms with Gasteiger partial charge in [0.15, 0.2) is 0 Å². The molecule has 5 nitrogen and oxygen atoms in total. The van der Waals surface area contributed by atoms with E-state index < -0.39 is 5.54 Å². The van der Waals surface area contributed by atoms with Crippen LogP contribution in [0.15, 0.2) is 22.6 Å². The van der Waals surface area contributed by atoms with Crippen molar-refractivity contribution >= 4 is 16.9 Å². The van der Waals surface area contributed by atoms with E-state index in [1.165, 1.54) is 18.4 Å². The highest BCUT2D eigenvalue weighted by Gasteiger charge is 2.29. The highest BCUT2D eigenvalue weighted by molar-refractivity contribution is 6.07. The predicted octanol–water partition coefficient (Wildman–Crippen LogP) is 2.09. The number of aryl methyl sites for hydroxylation is 1. The number of amides is 1. The largest absolute Gasteiger partial charge is 0.461 e. The molecule has 1 heterocycles. The Bertz CT molecular complexity index is 711. The summed E-state index contributed by atoms with van der Waals surface area (Å²) < 4.78 is 5.67. The van der Waals surface area contributed by atoms with Crippen molar-refractivity contribution in [1.29, 1.82) is 0 Å². The Morgan fingerprint density at radius 2 is 2.05 bits per heavy atom. The minimum atomic E-state index is -1.05. The number of hydrogen-bond donors (Lipinski definition) is 3. The van der Waals surface area contributed by atoms with Gasteiger partial charge in [-0.05, 0) is 50.3 Å². The van der Waals surface area contributed by atoms with Crippen LogP contribution in [0.5, 0.6) is 0 Å². The van der Waals surface area contributed by atoms with Crippen LogP contribution in [0.2, 0.25) is 0 Å². The molecule has 0 bridgehead atoms. The molecule has 0 atom stereocenters. The Balaban J connectivity index is 1.99. The van der Waals surface area contributed by atoms with Gasteiger partial charge in [-0.1, -0.05) is 6.07 Å². The van der Waals surface area contributed by atoms with Crippen LogP contribution < -0.4 is 5.32 Å². The lowest BCUT2D eigenvalue weighted by atomic mass is 10.0. The van der Waals surface area contributed by atoms with E-state index in [0.29, 0.717) is 22.8 Å². The molecule has 0 saturated heterocycles. The topological polar surface area (TPSA) is 82.7 Å². The molecule has 3 N–H and O–H groups in total. The van der Waals surface area contributed by atoms with Crippen LogP contribution in [-0.2, 0) is 0 Å². The first-order valence-corrected chi connectivity index (χ1v) is 7.55. The van der Waals surface area contributed by atoms with E-state index in [9.17, 15) is 15.0 Å². The average Bonchev–Trinajstić information content (AvgIpc) is 3.29. The Morgan fingerprint density at radius 3 is 2.64 bits per heavy atom. The SMILES string of the molecule is Cc1oc2ccc(C3CC3)cc2c1C(=O)NC(C)(CO)CO. The molecule has 1 aliphatic carbocycles. The zero-order valence-electron chi connectivity index (χ0n) is 12.8. The molecule has 2 aromatic rings. The maximum Gasteiger partial charge on any atom is 0.256 e. The summed E-state index contributed by atoms with van der Waals surface area (Å²) >= 11 is 0. The van der Waals surface area contributed by atoms with E-state index in [2.05, 4.69) is 11.4 Å². The van der Waals surface area contributed by atoms with E-state index in [1.807, 2.05) is 12.1 Å². The molecule has 0 radical (unpaired) electrons. The molecular weight excluding hydrogens is 282 g/mol. The van der Waals surface area contributed by atoms with E-state index in [0.717, 1.165) is 5.39 Å². The Morgan fingerprint density at radius 1 is 1.36 bits per heavy atom. The summed E-state index contributed by atoms with van der Waals surface area (Å²) in [5, 5.41) is 22.2. The van der Waals surface area contributed by atoms with Crippen LogP contribution >= 0.6 is 0 Å². The van der Waals surface area contributed by atoms with E-state index >= 15 is 0 Å². The normalized spacial score (nSPS) is 15.3. The lowest BCUT2D eigenvalue weighted by molar-refractivity contribution is 0.0723. The fourth-order valence-corrected chi connectivity index (χ4v) is 2.66. The number of carbonyl (C=O) groups excluding carboxylic acids is 1. The van der Waals surface area contributed by atoms with Crippen molar-refractivity contribution in [3.05, 3.63) is 35.1 Å². The van der Waals surface area contributed by atoms with Gasteiger partial charge < -0.3 is 19.9 Å². The first kappa shape index (κ1) is 15.1. The van der Waals surface area contributed by atoms with Gasteiger partial charge in [0.2, 0.25) is 0 Å². The van der Waals surface area contributed by atoms with Crippen LogP contribution in [-0.4, -0.2) is 34.9 Å². The monoisotopic (exact) mass is 303 g/mol. The lowest BCUT2D eigenvalue weighted by Gasteiger charge is -2.26. The summed E-state index contributed by atoms with van der Waals surface area (Å²) in [7, 11) is 0. The number of nitrogens with one attached hydrogen (secondary N) is 1. The molecule has 0 spiro atoms. The van der Waals surface area contributed by atoms with Crippen LogP contribution in [0, 0.1) is 6.92 Å². The molecule has 1 aliphatic rings. The molecular formula is C17H21NO4. The van der Waals surface area contributed by atoms with Gasteiger partial charge in [-0.25, -0.2) is 0 Å². The van der Waals surface area contributed by atoms with Crippen LogP contribution in [0.1, 0.15) is 47.4 Å². The molecule has 118 valence electrons. The maximum atomic E-state index is 12.6. The predicted molar refractivity (Wildman–Crippen MR) is 83.0 cm³/mol. The molecule has 1 fully saturated rings. The smallest absolute Gasteiger partial charge is 0.256 e. The summed E-state index contributed by atoms with van der Waals surface area (Å²) in [5.41, 5.74) is 1.34. The van der Waals surface area contributed by atoms with Crippen LogP contribution in [0.3, 0.4) is 0 Å². The minimum Gasteiger partial charge on any atom is -0.461 e. The number of carbonyl (C=O) groups is 1. The van der Waals surface area contributed by atoms with Gasteiger partial charge >= 0.3 is 0 Å². The Labute approximate surface area is 128 Å². The second-order valence-electron chi connectivity index (χ2n) is 6.39. The number of hydrogen-bond acceptors (Lipinski definition) is 4. The van der Waals surface area contributed by atoms with Crippen molar-refractivity contribution in [2.24, 2.45) is 0 Å². The molecule has 1 saturated carbocycles. The second-order valence-corrected chi connectivity index (χ2v) is 6.39. The number of aliphatic hydroxyl groups excluding tert-OH is 2. The van der Waals surface area contributed by atoms with Gasteiger partial charge in [0, 0.05) is 5.39 Å². The zero-order chi connectivity index (χ0) is 15.9. The summed E-state index contributed by atoms with van der Waals surface area (Å²) in [6, 6.07) is 5.98. The second kappa shape index (κ2) is 5.41. The molecule has 0 unspecified atom stereocenters. The quantitative estimate of drug-likeness (QED) is 0.790. The first-order chi connectivity index (χ1) is 10.5. The van der Waals surface area contributed by atoms with E-state index in [1.54, 1.807) is 13.8 Å². The molecule has 5 heteroatoms. The maximum absolute atomic E-state index is 12.6. The third kappa shape index (κ3) is 2.62. The highest BCUT2D eigenvalue weighted by atomic mass is 16.3. The van der Waals surface area contributed by atoms with Crippen molar-refractivity contribution in [3.8, 4) is 0 Å². The third-order valence-corrected chi connectivity index (χ3v) is 4.28. The molecule has 1 amide bonds. The molecule has 1 aromatic carbocycles. The van der Waals surface area contributed by atoms with E-state index in [-0.39, 0.29) is 19.1 Å². The van der Waals surface area contributed by atoms with Gasteiger partial charge in [0.25, 0.3) is 5.91 Å². The number of benzene rings is 1. The molecule has 3 rings (SSSR count). The fraction of sp³-hybridized carbons (Fsp3) is 0.471. The van der Waals surface area contributed by atoms with Gasteiger partial charge in [0.1, 0.15) is 11.3 Å². The van der Waals surface area contributed by atoms with Crippen molar-refractivity contribution in [3.63, 3.8) is 0 Å². The third-order valence-electron chi connectivity index (χ3n) is 4.28. The summed E-state index contributed by atoms with van der Waals surface area (Å²) in [6.07, 6.45) is 2.38. The van der Waals surface area contributed by atoms with E-state index in [4.69, 9.17) is 4.42 Å². The van der Waals surface area contributed by atoms with Gasteiger partial charge in [0.05, 0.1) is 24.3 Å². The van der Waals surface area contributed by atoms with Crippen LogP contribution in [0.25, 0.3) is 11.0 Å². The Hall–Kier alpha value is -1.85. The van der Waals surface area contributed by atoms with Crippen LogP contribution in [0.4, 0.5) is 0 Å². The zero-order valence-corrected chi connectivity index (χ0v) is 12.8. The number of rotatable bonds is 5. The lowest BCUT2D eigenvalue weighted by Crippen LogP contribution is -2.51. The highest BCUT2D eigenvalue weighted by Crippen LogP contribution is 2.41. The van der Waals surface area contributed by atoms with Gasteiger partial charge in [-0.15, -0.1) is 0 Å². The fourth-order valence-electron chi connectivity index (χ4n) is 2.66. The Kier molecular flexibility index (Phi) is 3.70. The van der Waals surface area contributed by atoms with Crippen molar-refractivity contribution in [1.82, 2.24) is 5.32 Å². The average molecular weight is 303 g/mol. The standard InChI is InChI=1S/C17H21NO4/c1-10-15(16(21)18-17(2,8-19)9-20)13-7-12(11-3-4-11)5-6-14(13)22-10/h5-7,11,19-20H,3-4,8-9H2,1-2H3,(H,18,21).